The Hall–Kier alpha value is -3.71. The molecule has 0 spiro atoms. The molecule has 3 N–H and O–H groups in total. The maximum absolute atomic E-state index is 13.6. The highest BCUT2D eigenvalue weighted by molar-refractivity contribution is 5.90. The molecule has 0 bridgehead atoms. The minimum absolute atomic E-state index is 0.0678. The zero-order chi connectivity index (χ0) is 30.6. The topological polar surface area (TPSA) is 119 Å². The lowest BCUT2D eigenvalue weighted by Gasteiger charge is -2.27. The van der Waals surface area contributed by atoms with Crippen LogP contribution in [0.3, 0.4) is 0 Å². The molecule has 43 heavy (non-hydrogen) atoms. The first kappa shape index (κ1) is 30.7. The number of aryl methyl sites for hydroxylation is 1. The molecule has 2 amide bonds. The molecule has 0 saturated carbocycles. The van der Waals surface area contributed by atoms with Gasteiger partial charge in [0.1, 0.15) is 17.3 Å². The average Bonchev–Trinajstić information content (AvgIpc) is 3.72. The summed E-state index contributed by atoms with van der Waals surface area (Å²) in [6.45, 7) is 3.65. The highest BCUT2D eigenvalue weighted by Crippen LogP contribution is 2.29. The standard InChI is InChI=1S/C30H38F3N7O3/c1-38-26-11-8-21(16-25(26)36-37-38)18-35-28(41)27-17-22(15-20-6-9-23(10-7-20)43-30(31,32)33)19-40(27)29(42)24(34)5-4-14-39-12-2-3-13-39/h6-11,16,22,24,27H,2-5,12-15,17-19,34H2,1H3,(H,35,41). The maximum atomic E-state index is 13.6. The van der Waals surface area contributed by atoms with Crippen LogP contribution < -0.4 is 15.8 Å². The van der Waals surface area contributed by atoms with Gasteiger partial charge in [-0.2, -0.15) is 0 Å². The summed E-state index contributed by atoms with van der Waals surface area (Å²) < 4.78 is 43.3. The number of hydrogen-bond acceptors (Lipinski definition) is 7. The molecule has 232 valence electrons. The Balaban J connectivity index is 1.23. The van der Waals surface area contributed by atoms with Crippen molar-refractivity contribution in [2.45, 2.75) is 63.5 Å². The Bertz CT molecular complexity index is 1410. The number of aromatic nitrogens is 3. The quantitative estimate of drug-likeness (QED) is 0.347. The number of fused-ring (bicyclic) bond motifs is 1. The first-order chi connectivity index (χ1) is 20.6. The zero-order valence-electron chi connectivity index (χ0n) is 24.2. The van der Waals surface area contributed by atoms with Crippen LogP contribution in [0.1, 0.15) is 43.2 Å². The Labute approximate surface area is 248 Å². The fourth-order valence-corrected chi connectivity index (χ4v) is 6.10. The van der Waals surface area contributed by atoms with Gasteiger partial charge in [0.05, 0.1) is 11.6 Å². The highest BCUT2D eigenvalue weighted by Gasteiger charge is 2.41. The molecule has 0 radical (unpaired) electrons. The van der Waals surface area contributed by atoms with E-state index in [2.05, 4.69) is 25.3 Å². The van der Waals surface area contributed by atoms with Gasteiger partial charge >= 0.3 is 6.36 Å². The average molecular weight is 602 g/mol. The minimum atomic E-state index is -4.76. The summed E-state index contributed by atoms with van der Waals surface area (Å²) in [5.41, 5.74) is 9.61. The number of nitrogens with two attached hydrogens (primary N) is 1. The molecule has 1 aromatic heterocycles. The second-order valence-corrected chi connectivity index (χ2v) is 11.6. The fraction of sp³-hybridized carbons (Fsp3) is 0.533. The molecular formula is C30H38F3N7O3. The van der Waals surface area contributed by atoms with Crippen molar-refractivity contribution < 1.29 is 27.5 Å². The number of amides is 2. The Morgan fingerprint density at radius 1 is 1.12 bits per heavy atom. The molecule has 3 heterocycles. The lowest BCUT2D eigenvalue weighted by Crippen LogP contribution is -2.51. The van der Waals surface area contributed by atoms with E-state index in [1.54, 1.807) is 28.8 Å². The van der Waals surface area contributed by atoms with E-state index in [-0.39, 0.29) is 30.0 Å². The number of hydrogen-bond donors (Lipinski definition) is 2. The number of rotatable bonds is 11. The number of halogens is 3. The van der Waals surface area contributed by atoms with Gasteiger partial charge in [-0.15, -0.1) is 18.3 Å². The minimum Gasteiger partial charge on any atom is -0.406 e. The third-order valence-electron chi connectivity index (χ3n) is 8.30. The second-order valence-electron chi connectivity index (χ2n) is 11.6. The van der Waals surface area contributed by atoms with Gasteiger partial charge in [-0.05, 0) is 99.5 Å². The van der Waals surface area contributed by atoms with Crippen molar-refractivity contribution in [1.82, 2.24) is 30.1 Å². The molecular weight excluding hydrogens is 563 g/mol. The van der Waals surface area contributed by atoms with Crippen LogP contribution in [0.25, 0.3) is 11.0 Å². The van der Waals surface area contributed by atoms with Crippen molar-refractivity contribution in [3.8, 4) is 5.75 Å². The van der Waals surface area contributed by atoms with E-state index < -0.39 is 18.4 Å². The molecule has 3 atom stereocenters. The number of nitrogens with zero attached hydrogens (tertiary/aromatic N) is 5. The van der Waals surface area contributed by atoms with Gasteiger partial charge in [0.15, 0.2) is 0 Å². The summed E-state index contributed by atoms with van der Waals surface area (Å²) in [4.78, 5) is 31.0. The van der Waals surface area contributed by atoms with Gasteiger partial charge in [-0.25, -0.2) is 4.68 Å². The van der Waals surface area contributed by atoms with E-state index in [1.165, 1.54) is 25.0 Å². The zero-order valence-corrected chi connectivity index (χ0v) is 24.2. The molecule has 2 aliphatic heterocycles. The number of nitrogens with one attached hydrogen (secondary N) is 1. The van der Waals surface area contributed by atoms with Crippen LogP contribution in [-0.4, -0.2) is 81.2 Å². The second kappa shape index (κ2) is 13.3. The van der Waals surface area contributed by atoms with E-state index >= 15 is 0 Å². The summed E-state index contributed by atoms with van der Waals surface area (Å²) >= 11 is 0. The van der Waals surface area contributed by atoms with Gasteiger partial charge in [0, 0.05) is 20.1 Å². The SMILES string of the molecule is Cn1nnc2cc(CNC(=O)C3CC(Cc4ccc(OC(F)(F)F)cc4)CN3C(=O)C(N)CCCN3CCCC3)ccc21. The van der Waals surface area contributed by atoms with Crippen molar-refractivity contribution in [1.29, 1.82) is 0 Å². The third kappa shape index (κ3) is 8.02. The molecule has 2 fully saturated rings. The van der Waals surface area contributed by atoms with E-state index in [1.807, 2.05) is 18.2 Å². The first-order valence-corrected chi connectivity index (χ1v) is 14.7. The first-order valence-electron chi connectivity index (χ1n) is 14.7. The molecule has 10 nitrogen and oxygen atoms in total. The Morgan fingerprint density at radius 3 is 2.56 bits per heavy atom. The molecule has 13 heteroatoms. The Kier molecular flexibility index (Phi) is 9.50. The number of benzene rings is 2. The molecule has 3 unspecified atom stereocenters. The molecule has 5 rings (SSSR count). The Morgan fingerprint density at radius 2 is 1.84 bits per heavy atom. The van der Waals surface area contributed by atoms with E-state index in [0.717, 1.165) is 48.2 Å². The molecule has 3 aromatic rings. The van der Waals surface area contributed by atoms with E-state index in [4.69, 9.17) is 5.73 Å². The number of carbonyl (C=O) groups excluding carboxylic acids is 2. The van der Waals surface area contributed by atoms with Crippen LogP contribution in [0.15, 0.2) is 42.5 Å². The van der Waals surface area contributed by atoms with Gasteiger partial charge in [0.25, 0.3) is 0 Å². The smallest absolute Gasteiger partial charge is 0.406 e. The molecule has 2 aromatic carbocycles. The normalized spacial score (nSPS) is 20.1. The number of carbonyl (C=O) groups is 2. The van der Waals surface area contributed by atoms with Crippen molar-refractivity contribution in [2.24, 2.45) is 18.7 Å². The fourth-order valence-electron chi connectivity index (χ4n) is 6.10. The van der Waals surface area contributed by atoms with E-state index in [9.17, 15) is 22.8 Å². The van der Waals surface area contributed by atoms with Gasteiger partial charge < -0.3 is 25.6 Å². The van der Waals surface area contributed by atoms with Gasteiger partial charge in [-0.3, -0.25) is 9.59 Å². The summed E-state index contributed by atoms with van der Waals surface area (Å²) in [6, 6.07) is 9.94. The lowest BCUT2D eigenvalue weighted by atomic mass is 9.96. The third-order valence-corrected chi connectivity index (χ3v) is 8.30. The van der Waals surface area contributed by atoms with Crippen LogP contribution in [-0.2, 0) is 29.6 Å². The largest absolute Gasteiger partial charge is 0.573 e. The summed E-state index contributed by atoms with van der Waals surface area (Å²) in [5.74, 6) is -0.884. The van der Waals surface area contributed by atoms with Gasteiger partial charge in [-0.1, -0.05) is 23.4 Å². The highest BCUT2D eigenvalue weighted by atomic mass is 19.4. The van der Waals surface area contributed by atoms with Crippen molar-refractivity contribution in [3.05, 3.63) is 53.6 Å². The summed E-state index contributed by atoms with van der Waals surface area (Å²) in [5, 5.41) is 11.1. The maximum Gasteiger partial charge on any atom is 0.573 e. The van der Waals surface area contributed by atoms with Gasteiger partial charge in [0.2, 0.25) is 11.8 Å². The summed E-state index contributed by atoms with van der Waals surface area (Å²) in [6.07, 6.45) is -0.123. The number of alkyl halides is 3. The van der Waals surface area contributed by atoms with Crippen molar-refractivity contribution in [2.75, 3.05) is 26.2 Å². The van der Waals surface area contributed by atoms with Crippen LogP contribution in [0, 0.1) is 5.92 Å². The number of ether oxygens (including phenoxy) is 1. The van der Waals surface area contributed by atoms with Crippen molar-refractivity contribution in [3.63, 3.8) is 0 Å². The van der Waals surface area contributed by atoms with Crippen LogP contribution in [0.2, 0.25) is 0 Å². The van der Waals surface area contributed by atoms with Crippen molar-refractivity contribution >= 4 is 22.8 Å². The summed E-state index contributed by atoms with van der Waals surface area (Å²) in [7, 11) is 1.81. The predicted octanol–water partition coefficient (Wildman–Crippen LogP) is 3.15. The molecule has 0 aliphatic carbocycles. The van der Waals surface area contributed by atoms with E-state index in [0.29, 0.717) is 25.8 Å². The predicted molar refractivity (Wildman–Crippen MR) is 154 cm³/mol. The molecule has 2 aliphatic rings. The van der Waals surface area contributed by atoms with Crippen LogP contribution >= 0.6 is 0 Å². The number of likely N-dealkylation sites (tertiary alicyclic amines) is 2. The van der Waals surface area contributed by atoms with Crippen LogP contribution in [0.4, 0.5) is 13.2 Å². The molecule has 2 saturated heterocycles. The monoisotopic (exact) mass is 601 g/mol. The van der Waals surface area contributed by atoms with Crippen LogP contribution in [0.5, 0.6) is 5.75 Å². The lowest BCUT2D eigenvalue weighted by molar-refractivity contribution is -0.274.